The molecule has 2 fully saturated rings. The van der Waals surface area contributed by atoms with E-state index in [2.05, 4.69) is 15.5 Å². The topological polar surface area (TPSA) is 81.8 Å². The molecule has 0 aliphatic carbocycles. The van der Waals surface area contributed by atoms with Crippen molar-refractivity contribution in [3.63, 3.8) is 0 Å². The van der Waals surface area contributed by atoms with E-state index in [1.165, 1.54) is 4.31 Å². The summed E-state index contributed by atoms with van der Waals surface area (Å²) in [5.41, 5.74) is 0. The van der Waals surface area contributed by atoms with Crippen LogP contribution in [0.1, 0.15) is 19.3 Å². The monoisotopic (exact) mass is 380 g/mol. The maximum Gasteiger partial charge on any atom is 0.243 e. The fraction of sp³-hybridized carbons (Fsp3) is 0.611. The maximum atomic E-state index is 13.0. The molecule has 0 bridgehead atoms. The van der Waals surface area contributed by atoms with Crippen molar-refractivity contribution in [1.29, 1.82) is 0 Å². The number of hydrogen-bond donors (Lipinski definition) is 2. The molecule has 2 saturated heterocycles. The average Bonchev–Trinajstić information content (AvgIpc) is 2.69. The van der Waals surface area contributed by atoms with Gasteiger partial charge in [0.25, 0.3) is 0 Å². The number of rotatable bonds is 6. The second-order valence-corrected chi connectivity index (χ2v) is 8.71. The van der Waals surface area contributed by atoms with Crippen molar-refractivity contribution >= 4 is 15.9 Å². The Hall–Kier alpha value is -1.48. The molecular formula is C18H28N4O3S. The molecule has 1 atom stereocenters. The molecule has 0 saturated carbocycles. The SMILES string of the molecule is O=C(NCCN1CCNCC1)C1CCCCN1S(=O)(=O)c1ccccc1. The maximum absolute atomic E-state index is 13.0. The number of carbonyl (C=O) groups excluding carboxylic acids is 1. The Kier molecular flexibility index (Phi) is 6.63. The van der Waals surface area contributed by atoms with Crippen molar-refractivity contribution in [2.24, 2.45) is 0 Å². The highest BCUT2D eigenvalue weighted by Crippen LogP contribution is 2.25. The lowest BCUT2D eigenvalue weighted by Crippen LogP contribution is -2.53. The summed E-state index contributed by atoms with van der Waals surface area (Å²) >= 11 is 0. The van der Waals surface area contributed by atoms with Crippen LogP contribution in [-0.2, 0) is 14.8 Å². The van der Waals surface area contributed by atoms with E-state index in [4.69, 9.17) is 0 Å². The van der Waals surface area contributed by atoms with E-state index >= 15 is 0 Å². The largest absolute Gasteiger partial charge is 0.353 e. The number of piperidine rings is 1. The van der Waals surface area contributed by atoms with Crippen molar-refractivity contribution < 1.29 is 13.2 Å². The summed E-state index contributed by atoms with van der Waals surface area (Å²) in [5, 5.41) is 6.25. The number of nitrogens with zero attached hydrogens (tertiary/aromatic N) is 2. The number of benzene rings is 1. The molecule has 2 N–H and O–H groups in total. The summed E-state index contributed by atoms with van der Waals surface area (Å²) in [6.45, 7) is 5.65. The summed E-state index contributed by atoms with van der Waals surface area (Å²) in [7, 11) is -3.65. The molecule has 1 amide bonds. The Bertz CT molecular complexity index is 690. The van der Waals surface area contributed by atoms with Gasteiger partial charge in [-0.1, -0.05) is 24.6 Å². The molecule has 0 radical (unpaired) electrons. The van der Waals surface area contributed by atoms with Gasteiger partial charge in [-0.05, 0) is 25.0 Å². The highest BCUT2D eigenvalue weighted by Gasteiger charge is 2.37. The van der Waals surface area contributed by atoms with Crippen molar-refractivity contribution in [2.45, 2.75) is 30.2 Å². The van der Waals surface area contributed by atoms with E-state index in [1.807, 2.05) is 0 Å². The molecule has 2 aliphatic heterocycles. The molecular weight excluding hydrogens is 352 g/mol. The lowest BCUT2D eigenvalue weighted by Gasteiger charge is -2.34. The van der Waals surface area contributed by atoms with Crippen LogP contribution >= 0.6 is 0 Å². The van der Waals surface area contributed by atoms with Gasteiger partial charge in [0.05, 0.1) is 4.90 Å². The predicted octanol–water partition coefficient (Wildman–Crippen LogP) is 0.251. The minimum atomic E-state index is -3.65. The van der Waals surface area contributed by atoms with Crippen molar-refractivity contribution in [3.05, 3.63) is 30.3 Å². The number of sulfonamides is 1. The Morgan fingerprint density at radius 3 is 2.58 bits per heavy atom. The number of carbonyl (C=O) groups is 1. The molecule has 144 valence electrons. The van der Waals surface area contributed by atoms with Crippen LogP contribution in [0.25, 0.3) is 0 Å². The standard InChI is InChI=1S/C18H28N4O3S/c23-18(20-11-15-21-13-9-19-10-14-21)17-8-4-5-12-22(17)26(24,25)16-6-2-1-3-7-16/h1-3,6-7,17,19H,4-5,8-15H2,(H,20,23). The molecule has 1 aromatic carbocycles. The first-order valence-corrected chi connectivity index (χ1v) is 10.8. The van der Waals surface area contributed by atoms with Crippen molar-refractivity contribution in [2.75, 3.05) is 45.8 Å². The van der Waals surface area contributed by atoms with Crippen LogP contribution in [0.5, 0.6) is 0 Å². The molecule has 2 aliphatic rings. The van der Waals surface area contributed by atoms with Crippen LogP contribution in [0.3, 0.4) is 0 Å². The minimum absolute atomic E-state index is 0.181. The quantitative estimate of drug-likeness (QED) is 0.739. The molecule has 26 heavy (non-hydrogen) atoms. The third-order valence-electron chi connectivity index (χ3n) is 5.04. The van der Waals surface area contributed by atoms with Gasteiger partial charge in [-0.25, -0.2) is 8.42 Å². The number of hydrogen-bond acceptors (Lipinski definition) is 5. The fourth-order valence-corrected chi connectivity index (χ4v) is 5.25. The van der Waals surface area contributed by atoms with Gasteiger partial charge in [-0.2, -0.15) is 4.31 Å². The number of nitrogens with one attached hydrogen (secondary N) is 2. The summed E-state index contributed by atoms with van der Waals surface area (Å²) in [6, 6.07) is 7.76. The van der Waals surface area contributed by atoms with Crippen LogP contribution in [0, 0.1) is 0 Å². The average molecular weight is 381 g/mol. The lowest BCUT2D eigenvalue weighted by atomic mass is 10.0. The molecule has 0 spiro atoms. The normalized spacial score (nSPS) is 22.8. The minimum Gasteiger partial charge on any atom is -0.353 e. The third-order valence-corrected chi connectivity index (χ3v) is 6.97. The Labute approximate surface area is 155 Å². The third kappa shape index (κ3) is 4.62. The summed E-state index contributed by atoms with van der Waals surface area (Å²) < 4.78 is 27.3. The first-order valence-electron chi connectivity index (χ1n) is 9.37. The van der Waals surface area contributed by atoms with Gasteiger partial charge in [-0.3, -0.25) is 9.69 Å². The van der Waals surface area contributed by atoms with Gasteiger partial charge in [0, 0.05) is 45.8 Å². The van der Waals surface area contributed by atoms with Gasteiger partial charge in [0.1, 0.15) is 6.04 Å². The zero-order chi connectivity index (χ0) is 18.4. The second kappa shape index (κ2) is 8.94. The molecule has 8 heteroatoms. The first kappa shape index (κ1) is 19.3. The van der Waals surface area contributed by atoms with Crippen LogP contribution in [0.2, 0.25) is 0 Å². The molecule has 1 unspecified atom stereocenters. The highest BCUT2D eigenvalue weighted by atomic mass is 32.2. The van der Waals surface area contributed by atoms with Crippen LogP contribution in [-0.4, -0.2) is 75.4 Å². The van der Waals surface area contributed by atoms with Gasteiger partial charge < -0.3 is 10.6 Å². The Morgan fingerprint density at radius 1 is 1.12 bits per heavy atom. The number of piperazine rings is 1. The Balaban J connectivity index is 1.61. The van der Waals surface area contributed by atoms with Gasteiger partial charge in [-0.15, -0.1) is 0 Å². The molecule has 0 aromatic heterocycles. The van der Waals surface area contributed by atoms with Crippen molar-refractivity contribution in [3.8, 4) is 0 Å². The van der Waals surface area contributed by atoms with Gasteiger partial charge >= 0.3 is 0 Å². The van der Waals surface area contributed by atoms with E-state index in [9.17, 15) is 13.2 Å². The van der Waals surface area contributed by atoms with Gasteiger partial charge in [0.2, 0.25) is 15.9 Å². The Morgan fingerprint density at radius 2 is 1.85 bits per heavy atom. The van der Waals surface area contributed by atoms with E-state index in [1.54, 1.807) is 30.3 Å². The smallest absolute Gasteiger partial charge is 0.243 e. The highest BCUT2D eigenvalue weighted by molar-refractivity contribution is 7.89. The summed E-state index contributed by atoms with van der Waals surface area (Å²) in [6.07, 6.45) is 2.23. The predicted molar refractivity (Wildman–Crippen MR) is 100 cm³/mol. The van der Waals surface area contributed by atoms with E-state index < -0.39 is 16.1 Å². The van der Waals surface area contributed by atoms with Gasteiger partial charge in [0.15, 0.2) is 0 Å². The lowest BCUT2D eigenvalue weighted by molar-refractivity contribution is -0.125. The van der Waals surface area contributed by atoms with E-state index in [0.29, 0.717) is 19.5 Å². The fourth-order valence-electron chi connectivity index (χ4n) is 3.57. The molecule has 1 aromatic rings. The van der Waals surface area contributed by atoms with E-state index in [0.717, 1.165) is 45.6 Å². The summed E-state index contributed by atoms with van der Waals surface area (Å²) in [4.78, 5) is 15.2. The molecule has 3 rings (SSSR count). The number of amides is 1. The first-order chi connectivity index (χ1) is 12.6. The van der Waals surface area contributed by atoms with E-state index in [-0.39, 0.29) is 10.8 Å². The van der Waals surface area contributed by atoms with Crippen LogP contribution in [0.15, 0.2) is 35.2 Å². The molecule has 2 heterocycles. The van der Waals surface area contributed by atoms with Crippen molar-refractivity contribution in [1.82, 2.24) is 19.8 Å². The zero-order valence-electron chi connectivity index (χ0n) is 15.1. The zero-order valence-corrected chi connectivity index (χ0v) is 15.9. The summed E-state index contributed by atoms with van der Waals surface area (Å²) in [5.74, 6) is -0.181. The van der Waals surface area contributed by atoms with Crippen LogP contribution < -0.4 is 10.6 Å². The second-order valence-electron chi connectivity index (χ2n) is 6.82. The van der Waals surface area contributed by atoms with Crippen LogP contribution in [0.4, 0.5) is 0 Å². The molecule has 7 nitrogen and oxygen atoms in total.